The molecule has 3 N–H and O–H groups in total. The smallest absolute Gasteiger partial charge is 0.340 e. The van der Waals surface area contributed by atoms with Crippen LogP contribution in [0.5, 0.6) is 0 Å². The van der Waals surface area contributed by atoms with E-state index in [-0.39, 0.29) is 16.9 Å². The Morgan fingerprint density at radius 2 is 1.79 bits per heavy atom. The molecule has 2 aromatic rings. The van der Waals surface area contributed by atoms with E-state index in [9.17, 15) is 19.7 Å². The quantitative estimate of drug-likeness (QED) is 0.331. The fourth-order valence-electron chi connectivity index (χ4n) is 3.16. The van der Waals surface area contributed by atoms with Crippen molar-refractivity contribution in [3.8, 4) is 0 Å². The number of carbonyl (C=O) groups is 2. The standard InChI is InChI=1S/C20H22N4O5/c21-18-12-16(24(27)28)8-9-17(18)20(26)29-13-19(25)22-14-4-6-15(7-5-14)23-10-2-1-3-11-23/h4-9,12H,1-3,10-11,13,21H2,(H,22,25). The molecule has 0 unspecified atom stereocenters. The van der Waals surface area contributed by atoms with Crippen LogP contribution in [0.25, 0.3) is 0 Å². The first-order valence-corrected chi connectivity index (χ1v) is 9.30. The van der Waals surface area contributed by atoms with Crippen LogP contribution >= 0.6 is 0 Å². The lowest BCUT2D eigenvalue weighted by Gasteiger charge is -2.28. The Labute approximate surface area is 167 Å². The molecular weight excluding hydrogens is 376 g/mol. The van der Waals surface area contributed by atoms with Gasteiger partial charge in [0, 0.05) is 36.6 Å². The second-order valence-corrected chi connectivity index (χ2v) is 6.75. The molecule has 0 atom stereocenters. The number of nitrogens with two attached hydrogens (primary N) is 1. The largest absolute Gasteiger partial charge is 0.452 e. The van der Waals surface area contributed by atoms with Gasteiger partial charge in [-0.15, -0.1) is 0 Å². The second-order valence-electron chi connectivity index (χ2n) is 6.75. The first-order chi connectivity index (χ1) is 13.9. The summed E-state index contributed by atoms with van der Waals surface area (Å²) in [6.45, 7) is 1.57. The molecule has 0 saturated carbocycles. The van der Waals surface area contributed by atoms with Crippen LogP contribution < -0.4 is 16.0 Å². The van der Waals surface area contributed by atoms with Crippen molar-refractivity contribution in [3.63, 3.8) is 0 Å². The van der Waals surface area contributed by atoms with Crippen molar-refractivity contribution < 1.29 is 19.2 Å². The molecule has 1 amide bonds. The highest BCUT2D eigenvalue weighted by molar-refractivity contribution is 5.98. The summed E-state index contributed by atoms with van der Waals surface area (Å²) in [5.74, 6) is -1.32. The number of rotatable bonds is 6. The number of piperidine rings is 1. The van der Waals surface area contributed by atoms with E-state index in [0.717, 1.165) is 30.9 Å². The summed E-state index contributed by atoms with van der Waals surface area (Å²) >= 11 is 0. The average Bonchev–Trinajstić information content (AvgIpc) is 2.73. The lowest BCUT2D eigenvalue weighted by atomic mass is 10.1. The van der Waals surface area contributed by atoms with E-state index < -0.39 is 23.4 Å². The first kappa shape index (κ1) is 20.1. The van der Waals surface area contributed by atoms with Gasteiger partial charge in [-0.25, -0.2) is 4.79 Å². The molecule has 152 valence electrons. The summed E-state index contributed by atoms with van der Waals surface area (Å²) < 4.78 is 4.95. The van der Waals surface area contributed by atoms with Crippen molar-refractivity contribution in [1.82, 2.24) is 0 Å². The number of nitro benzene ring substituents is 1. The number of esters is 1. The van der Waals surface area contributed by atoms with Gasteiger partial charge in [0.25, 0.3) is 11.6 Å². The van der Waals surface area contributed by atoms with E-state index in [0.29, 0.717) is 5.69 Å². The van der Waals surface area contributed by atoms with E-state index in [4.69, 9.17) is 10.5 Å². The van der Waals surface area contributed by atoms with Gasteiger partial charge in [-0.1, -0.05) is 0 Å². The van der Waals surface area contributed by atoms with Crippen LogP contribution in [0.2, 0.25) is 0 Å². The highest BCUT2D eigenvalue weighted by Gasteiger charge is 2.17. The number of benzene rings is 2. The van der Waals surface area contributed by atoms with Crippen molar-refractivity contribution >= 4 is 34.6 Å². The first-order valence-electron chi connectivity index (χ1n) is 9.30. The Balaban J connectivity index is 1.51. The number of nitro groups is 1. The van der Waals surface area contributed by atoms with Crippen LogP contribution in [0.15, 0.2) is 42.5 Å². The summed E-state index contributed by atoms with van der Waals surface area (Å²) in [6.07, 6.45) is 3.63. The number of nitrogens with zero attached hydrogens (tertiary/aromatic N) is 2. The van der Waals surface area contributed by atoms with Gasteiger partial charge in [0.2, 0.25) is 0 Å². The normalized spacial score (nSPS) is 13.6. The number of non-ortho nitro benzene ring substituents is 1. The number of ether oxygens (including phenoxy) is 1. The lowest BCUT2D eigenvalue weighted by molar-refractivity contribution is -0.384. The number of nitrogens with one attached hydrogen (secondary N) is 1. The van der Waals surface area contributed by atoms with E-state index in [1.807, 2.05) is 12.1 Å². The van der Waals surface area contributed by atoms with Crippen LogP contribution in [-0.4, -0.2) is 36.5 Å². The Kier molecular flexibility index (Phi) is 6.28. The van der Waals surface area contributed by atoms with Crippen LogP contribution in [0.3, 0.4) is 0 Å². The summed E-state index contributed by atoms with van der Waals surface area (Å²) in [4.78, 5) is 36.5. The van der Waals surface area contributed by atoms with Crippen molar-refractivity contribution in [2.24, 2.45) is 0 Å². The van der Waals surface area contributed by atoms with Gasteiger partial charge in [-0.05, 0) is 49.6 Å². The van der Waals surface area contributed by atoms with Gasteiger partial charge in [-0.2, -0.15) is 0 Å². The van der Waals surface area contributed by atoms with Crippen molar-refractivity contribution in [3.05, 3.63) is 58.1 Å². The molecular formula is C20H22N4O5. The van der Waals surface area contributed by atoms with E-state index >= 15 is 0 Å². The number of nitrogen functional groups attached to an aromatic ring is 1. The summed E-state index contributed by atoms with van der Waals surface area (Å²) in [5, 5.41) is 13.4. The van der Waals surface area contributed by atoms with Crippen LogP contribution in [0, 0.1) is 10.1 Å². The van der Waals surface area contributed by atoms with Crippen molar-refractivity contribution in [2.45, 2.75) is 19.3 Å². The number of hydrogen-bond acceptors (Lipinski definition) is 7. The third-order valence-corrected chi connectivity index (χ3v) is 4.67. The zero-order chi connectivity index (χ0) is 20.8. The van der Waals surface area contributed by atoms with Gasteiger partial charge in [0.1, 0.15) is 0 Å². The molecule has 0 bridgehead atoms. The maximum absolute atomic E-state index is 12.1. The number of carbonyl (C=O) groups excluding carboxylic acids is 2. The van der Waals surface area contributed by atoms with Gasteiger partial charge in [-0.3, -0.25) is 14.9 Å². The fraction of sp³-hybridized carbons (Fsp3) is 0.300. The van der Waals surface area contributed by atoms with Crippen LogP contribution in [0.4, 0.5) is 22.7 Å². The molecule has 9 nitrogen and oxygen atoms in total. The monoisotopic (exact) mass is 398 g/mol. The van der Waals surface area contributed by atoms with Gasteiger partial charge >= 0.3 is 5.97 Å². The molecule has 0 spiro atoms. The number of hydrogen-bond donors (Lipinski definition) is 2. The molecule has 1 aliphatic heterocycles. The lowest BCUT2D eigenvalue weighted by Crippen LogP contribution is -2.29. The highest BCUT2D eigenvalue weighted by atomic mass is 16.6. The fourth-order valence-corrected chi connectivity index (χ4v) is 3.16. The molecule has 3 rings (SSSR count). The topological polar surface area (TPSA) is 128 Å². The predicted molar refractivity (Wildman–Crippen MR) is 109 cm³/mol. The molecule has 0 radical (unpaired) electrons. The zero-order valence-electron chi connectivity index (χ0n) is 15.8. The second kappa shape index (κ2) is 9.05. The Bertz CT molecular complexity index is 908. The average molecular weight is 398 g/mol. The maximum Gasteiger partial charge on any atom is 0.340 e. The van der Waals surface area contributed by atoms with Crippen LogP contribution in [0.1, 0.15) is 29.6 Å². The Morgan fingerprint density at radius 3 is 2.41 bits per heavy atom. The zero-order valence-corrected chi connectivity index (χ0v) is 15.8. The molecule has 9 heteroatoms. The summed E-state index contributed by atoms with van der Waals surface area (Å²) in [7, 11) is 0. The van der Waals surface area contributed by atoms with E-state index in [1.54, 1.807) is 12.1 Å². The van der Waals surface area contributed by atoms with Gasteiger partial charge in [0.05, 0.1) is 16.2 Å². The molecule has 29 heavy (non-hydrogen) atoms. The Morgan fingerprint density at radius 1 is 1.10 bits per heavy atom. The van der Waals surface area contributed by atoms with Gasteiger partial charge in [0.15, 0.2) is 6.61 Å². The van der Waals surface area contributed by atoms with Crippen LogP contribution in [-0.2, 0) is 9.53 Å². The van der Waals surface area contributed by atoms with E-state index in [1.165, 1.54) is 25.3 Å². The number of anilines is 3. The molecule has 1 saturated heterocycles. The minimum atomic E-state index is -0.826. The molecule has 0 aliphatic carbocycles. The third-order valence-electron chi connectivity index (χ3n) is 4.67. The third kappa shape index (κ3) is 5.22. The Hall–Kier alpha value is -3.62. The summed E-state index contributed by atoms with van der Waals surface area (Å²) in [6, 6.07) is 10.9. The summed E-state index contributed by atoms with van der Waals surface area (Å²) in [5.41, 5.74) is 7.02. The molecule has 1 fully saturated rings. The molecule has 2 aromatic carbocycles. The highest BCUT2D eigenvalue weighted by Crippen LogP contribution is 2.22. The predicted octanol–water partition coefficient (Wildman–Crippen LogP) is 2.96. The maximum atomic E-state index is 12.1. The molecule has 1 aliphatic rings. The minimum absolute atomic E-state index is 0.0331. The molecule has 0 aromatic heterocycles. The van der Waals surface area contributed by atoms with Gasteiger partial charge < -0.3 is 20.7 Å². The SMILES string of the molecule is Nc1cc([N+](=O)[O-])ccc1C(=O)OCC(=O)Nc1ccc(N2CCCCC2)cc1. The van der Waals surface area contributed by atoms with E-state index in [2.05, 4.69) is 10.2 Å². The van der Waals surface area contributed by atoms with Crippen molar-refractivity contribution in [2.75, 3.05) is 35.6 Å². The number of amides is 1. The van der Waals surface area contributed by atoms with Crippen molar-refractivity contribution in [1.29, 1.82) is 0 Å². The molecule has 1 heterocycles. The minimum Gasteiger partial charge on any atom is -0.452 e.